The molecule has 0 radical (unpaired) electrons. The minimum atomic E-state index is -0.225. The molecule has 0 atom stereocenters. The number of amides is 1. The summed E-state index contributed by atoms with van der Waals surface area (Å²) in [6, 6.07) is 12.1. The Morgan fingerprint density at radius 1 is 1.11 bits per heavy atom. The smallest absolute Gasteiger partial charge is 0.251 e. The SMILES string of the molecule is CN=C(NCCNC(=O)c1cccc(OC)c1)NCc1ccc(C)c(F)c1.I. The molecule has 3 N–H and O–H groups in total. The van der Waals surface area contributed by atoms with Gasteiger partial charge in [0.1, 0.15) is 11.6 Å². The fourth-order valence-electron chi connectivity index (χ4n) is 2.38. The van der Waals surface area contributed by atoms with Crippen LogP contribution in [0.2, 0.25) is 0 Å². The topological polar surface area (TPSA) is 74.8 Å². The lowest BCUT2D eigenvalue weighted by atomic mass is 10.1. The zero-order valence-electron chi connectivity index (χ0n) is 16.2. The molecule has 0 saturated carbocycles. The van der Waals surface area contributed by atoms with Crippen LogP contribution in [0.1, 0.15) is 21.5 Å². The third kappa shape index (κ3) is 7.34. The maximum absolute atomic E-state index is 13.6. The number of nitrogens with zero attached hydrogens (tertiary/aromatic N) is 1. The summed E-state index contributed by atoms with van der Waals surface area (Å²) in [5.74, 6) is 0.816. The molecule has 0 bridgehead atoms. The number of carbonyl (C=O) groups is 1. The minimum Gasteiger partial charge on any atom is -0.497 e. The predicted molar refractivity (Wildman–Crippen MR) is 120 cm³/mol. The van der Waals surface area contributed by atoms with Crippen LogP contribution in [0.5, 0.6) is 5.75 Å². The molecule has 0 aliphatic heterocycles. The largest absolute Gasteiger partial charge is 0.497 e. The fraction of sp³-hybridized carbons (Fsp3) is 0.300. The quantitative estimate of drug-likeness (QED) is 0.237. The van der Waals surface area contributed by atoms with Crippen LogP contribution in [0.3, 0.4) is 0 Å². The van der Waals surface area contributed by atoms with Crippen LogP contribution in [0.25, 0.3) is 0 Å². The first kappa shape index (κ1) is 23.7. The van der Waals surface area contributed by atoms with E-state index in [0.717, 1.165) is 5.56 Å². The van der Waals surface area contributed by atoms with Gasteiger partial charge in [0.2, 0.25) is 0 Å². The molecular formula is C20H26FIN4O2. The molecule has 0 aromatic heterocycles. The molecule has 8 heteroatoms. The van der Waals surface area contributed by atoms with E-state index in [1.54, 1.807) is 51.4 Å². The molecule has 2 aromatic rings. The van der Waals surface area contributed by atoms with E-state index in [4.69, 9.17) is 4.74 Å². The average Bonchev–Trinajstić information content (AvgIpc) is 2.69. The summed E-state index contributed by atoms with van der Waals surface area (Å²) in [7, 11) is 3.21. The second-order valence-electron chi connectivity index (χ2n) is 5.92. The van der Waals surface area contributed by atoms with Crippen molar-refractivity contribution in [3.63, 3.8) is 0 Å². The summed E-state index contributed by atoms with van der Waals surface area (Å²) >= 11 is 0. The molecule has 2 aromatic carbocycles. The predicted octanol–water partition coefficient (Wildman–Crippen LogP) is 2.86. The van der Waals surface area contributed by atoms with Crippen LogP contribution in [0.15, 0.2) is 47.5 Å². The molecule has 0 saturated heterocycles. The number of rotatable bonds is 7. The first-order chi connectivity index (χ1) is 13.0. The second kappa shape index (κ2) is 12.2. The first-order valence-electron chi connectivity index (χ1n) is 8.65. The van der Waals surface area contributed by atoms with E-state index in [1.165, 1.54) is 6.07 Å². The molecule has 1 amide bonds. The van der Waals surface area contributed by atoms with Crippen LogP contribution in [0.4, 0.5) is 4.39 Å². The van der Waals surface area contributed by atoms with Crippen molar-refractivity contribution in [3.8, 4) is 5.75 Å². The Kier molecular flexibility index (Phi) is 10.3. The molecular weight excluding hydrogens is 474 g/mol. The Morgan fingerprint density at radius 2 is 1.86 bits per heavy atom. The van der Waals surface area contributed by atoms with Crippen LogP contribution in [0, 0.1) is 12.7 Å². The standard InChI is InChI=1S/C20H25FN4O2.HI/c1-14-7-8-15(11-18(14)21)13-25-20(22-2)24-10-9-23-19(26)16-5-4-6-17(12-16)27-3;/h4-8,11-12H,9-10,13H2,1-3H3,(H,23,26)(H2,22,24,25);1H. The van der Waals surface area contributed by atoms with Gasteiger partial charge in [0, 0.05) is 32.2 Å². The zero-order chi connectivity index (χ0) is 19.6. The molecule has 0 aliphatic carbocycles. The molecule has 28 heavy (non-hydrogen) atoms. The van der Waals surface area contributed by atoms with Crippen molar-refractivity contribution in [1.29, 1.82) is 0 Å². The number of carbonyl (C=O) groups excluding carboxylic acids is 1. The summed E-state index contributed by atoms with van der Waals surface area (Å²) < 4.78 is 18.7. The maximum atomic E-state index is 13.6. The van der Waals surface area contributed by atoms with Gasteiger partial charge in [0.25, 0.3) is 5.91 Å². The van der Waals surface area contributed by atoms with E-state index in [-0.39, 0.29) is 35.7 Å². The number of halogens is 2. The van der Waals surface area contributed by atoms with E-state index in [2.05, 4.69) is 20.9 Å². The highest BCUT2D eigenvalue weighted by Crippen LogP contribution is 2.12. The summed E-state index contributed by atoms with van der Waals surface area (Å²) in [4.78, 5) is 16.2. The van der Waals surface area contributed by atoms with Gasteiger partial charge < -0.3 is 20.7 Å². The highest BCUT2D eigenvalue weighted by Gasteiger charge is 2.06. The number of hydrogen-bond donors (Lipinski definition) is 3. The molecule has 2 rings (SSSR count). The van der Waals surface area contributed by atoms with Gasteiger partial charge in [0.15, 0.2) is 5.96 Å². The first-order valence-corrected chi connectivity index (χ1v) is 8.65. The Morgan fingerprint density at radius 3 is 2.54 bits per heavy atom. The Labute approximate surface area is 182 Å². The summed E-state index contributed by atoms with van der Waals surface area (Å²) in [5.41, 5.74) is 1.98. The van der Waals surface area contributed by atoms with Gasteiger partial charge >= 0.3 is 0 Å². The van der Waals surface area contributed by atoms with E-state index in [9.17, 15) is 9.18 Å². The van der Waals surface area contributed by atoms with Crippen LogP contribution in [-0.4, -0.2) is 39.1 Å². The average molecular weight is 500 g/mol. The number of aryl methyl sites for hydroxylation is 1. The maximum Gasteiger partial charge on any atom is 0.251 e. The molecule has 152 valence electrons. The van der Waals surface area contributed by atoms with Gasteiger partial charge in [-0.1, -0.05) is 18.2 Å². The van der Waals surface area contributed by atoms with Gasteiger partial charge in [-0.2, -0.15) is 0 Å². The van der Waals surface area contributed by atoms with Crippen LogP contribution in [-0.2, 0) is 6.54 Å². The van der Waals surface area contributed by atoms with E-state index < -0.39 is 0 Å². The number of nitrogens with one attached hydrogen (secondary N) is 3. The van der Waals surface area contributed by atoms with Crippen molar-refractivity contribution < 1.29 is 13.9 Å². The highest BCUT2D eigenvalue weighted by molar-refractivity contribution is 14.0. The van der Waals surface area contributed by atoms with E-state index in [0.29, 0.717) is 42.5 Å². The summed E-state index contributed by atoms with van der Waals surface area (Å²) in [5, 5.41) is 9.04. The number of benzene rings is 2. The van der Waals surface area contributed by atoms with E-state index in [1.807, 2.05) is 6.07 Å². The van der Waals surface area contributed by atoms with Gasteiger partial charge in [0.05, 0.1) is 7.11 Å². The second-order valence-corrected chi connectivity index (χ2v) is 5.92. The zero-order valence-corrected chi connectivity index (χ0v) is 18.5. The number of hydrogen-bond acceptors (Lipinski definition) is 3. The highest BCUT2D eigenvalue weighted by atomic mass is 127. The van der Waals surface area contributed by atoms with Crippen LogP contribution < -0.4 is 20.7 Å². The summed E-state index contributed by atoms with van der Waals surface area (Å²) in [6.45, 7) is 3.10. The third-order valence-corrected chi connectivity index (χ3v) is 3.95. The Bertz CT molecular complexity index is 815. The fourth-order valence-corrected chi connectivity index (χ4v) is 2.38. The van der Waals surface area contributed by atoms with Gasteiger partial charge in [-0.15, -0.1) is 24.0 Å². The molecule has 0 spiro atoms. The number of ether oxygens (including phenoxy) is 1. The van der Waals surface area contributed by atoms with Crippen molar-refractivity contribution in [2.24, 2.45) is 4.99 Å². The molecule has 0 unspecified atom stereocenters. The monoisotopic (exact) mass is 500 g/mol. The molecule has 0 fully saturated rings. The van der Waals surface area contributed by atoms with Crippen molar-refractivity contribution in [2.45, 2.75) is 13.5 Å². The normalized spacial score (nSPS) is 10.6. The van der Waals surface area contributed by atoms with E-state index >= 15 is 0 Å². The Balaban J connectivity index is 0.00000392. The van der Waals surface area contributed by atoms with Crippen molar-refractivity contribution in [1.82, 2.24) is 16.0 Å². The minimum absolute atomic E-state index is 0. The Hall–Kier alpha value is -2.36. The molecule has 0 heterocycles. The van der Waals surface area contributed by atoms with Crippen molar-refractivity contribution in [2.75, 3.05) is 27.2 Å². The lowest BCUT2D eigenvalue weighted by Crippen LogP contribution is -2.41. The number of guanidine groups is 1. The molecule has 6 nitrogen and oxygen atoms in total. The van der Waals surface area contributed by atoms with Gasteiger partial charge in [-0.05, 0) is 42.3 Å². The van der Waals surface area contributed by atoms with Gasteiger partial charge in [-0.25, -0.2) is 4.39 Å². The van der Waals surface area contributed by atoms with Crippen LogP contribution >= 0.6 is 24.0 Å². The summed E-state index contributed by atoms with van der Waals surface area (Å²) in [6.07, 6.45) is 0. The number of methoxy groups -OCH3 is 1. The third-order valence-electron chi connectivity index (χ3n) is 3.95. The van der Waals surface area contributed by atoms with Crippen molar-refractivity contribution in [3.05, 3.63) is 65.0 Å². The lowest BCUT2D eigenvalue weighted by molar-refractivity contribution is 0.0954. The molecule has 0 aliphatic rings. The van der Waals surface area contributed by atoms with Crippen molar-refractivity contribution >= 4 is 35.8 Å². The number of aliphatic imine (C=N–C) groups is 1. The lowest BCUT2D eigenvalue weighted by Gasteiger charge is -2.13. The van der Waals surface area contributed by atoms with Gasteiger partial charge in [-0.3, -0.25) is 9.79 Å².